The number of rotatable bonds is 7. The Bertz CT molecular complexity index is 1290. The van der Waals surface area contributed by atoms with Crippen molar-refractivity contribution in [1.29, 1.82) is 0 Å². The van der Waals surface area contributed by atoms with Gasteiger partial charge in [0.2, 0.25) is 0 Å². The molecule has 39 heavy (non-hydrogen) atoms. The molecule has 4 atom stereocenters. The van der Waals surface area contributed by atoms with E-state index in [1.807, 2.05) is 17.9 Å². The van der Waals surface area contributed by atoms with Crippen LogP contribution in [0.25, 0.3) is 11.3 Å². The number of piperidine rings is 1. The van der Waals surface area contributed by atoms with Gasteiger partial charge in [-0.05, 0) is 42.3 Å². The quantitative estimate of drug-likeness (QED) is 0.361. The number of aliphatic hydroxyl groups is 2. The fraction of sp³-hybridized carbons (Fsp3) is 0.429. The van der Waals surface area contributed by atoms with Crippen molar-refractivity contribution >= 4 is 11.4 Å². The first-order chi connectivity index (χ1) is 18.7. The maximum absolute atomic E-state index is 15.1. The van der Waals surface area contributed by atoms with Crippen LogP contribution in [-0.4, -0.2) is 69.5 Å². The second-order valence-electron chi connectivity index (χ2n) is 10.5. The van der Waals surface area contributed by atoms with Crippen LogP contribution in [0, 0.1) is 23.4 Å². The molecule has 0 saturated carbocycles. The summed E-state index contributed by atoms with van der Waals surface area (Å²) in [6.07, 6.45) is 2.91. The number of aromatic nitrogens is 2. The van der Waals surface area contributed by atoms with E-state index < -0.39 is 47.0 Å². The van der Waals surface area contributed by atoms with E-state index in [4.69, 9.17) is 5.73 Å². The number of pyridine rings is 2. The molecule has 5 rings (SSSR count). The fourth-order valence-electron chi connectivity index (χ4n) is 5.41. The average Bonchev–Trinajstić information content (AvgIpc) is 3.31. The van der Waals surface area contributed by atoms with Crippen molar-refractivity contribution in [2.75, 3.05) is 36.4 Å². The van der Waals surface area contributed by atoms with Gasteiger partial charge < -0.3 is 26.2 Å². The third-order valence-electron chi connectivity index (χ3n) is 7.46. The number of hydrogen-bond donors (Lipinski definition) is 4. The van der Waals surface area contributed by atoms with Crippen molar-refractivity contribution in [2.45, 2.75) is 44.7 Å². The first-order valence-electron chi connectivity index (χ1n) is 13.1. The van der Waals surface area contributed by atoms with Gasteiger partial charge in [0.1, 0.15) is 23.1 Å². The number of hydrogen-bond acceptors (Lipinski definition) is 8. The molecular weight excluding hydrogens is 509 g/mol. The molecule has 2 aliphatic rings. The van der Waals surface area contributed by atoms with Gasteiger partial charge in [-0.15, -0.1) is 0 Å². The Morgan fingerprint density at radius 3 is 2.51 bits per heavy atom. The third kappa shape index (κ3) is 6.01. The molecule has 8 nitrogen and oxygen atoms in total. The first-order valence-corrected chi connectivity index (χ1v) is 13.1. The van der Waals surface area contributed by atoms with Crippen LogP contribution in [0.4, 0.5) is 24.5 Å². The summed E-state index contributed by atoms with van der Waals surface area (Å²) in [5.74, 6) is -2.64. The van der Waals surface area contributed by atoms with E-state index in [-0.39, 0.29) is 19.0 Å². The maximum Gasteiger partial charge on any atom is 0.149 e. The van der Waals surface area contributed by atoms with E-state index in [2.05, 4.69) is 20.2 Å². The summed E-state index contributed by atoms with van der Waals surface area (Å²) < 4.78 is 44.9. The van der Waals surface area contributed by atoms with Gasteiger partial charge in [-0.2, -0.15) is 0 Å². The van der Waals surface area contributed by atoms with Gasteiger partial charge in [0.15, 0.2) is 0 Å². The van der Waals surface area contributed by atoms with Crippen molar-refractivity contribution in [3.8, 4) is 11.3 Å². The number of nitrogens with zero attached hydrogens (tertiary/aromatic N) is 4. The second kappa shape index (κ2) is 11.5. The lowest BCUT2D eigenvalue weighted by atomic mass is 9.92. The summed E-state index contributed by atoms with van der Waals surface area (Å²) in [7, 11) is 0. The molecular formula is C28H33F3N6O2. The zero-order valence-electron chi connectivity index (χ0n) is 21.7. The molecule has 4 heterocycles. The summed E-state index contributed by atoms with van der Waals surface area (Å²) >= 11 is 0. The van der Waals surface area contributed by atoms with Crippen LogP contribution in [0.2, 0.25) is 0 Å². The van der Waals surface area contributed by atoms with Gasteiger partial charge in [0, 0.05) is 50.9 Å². The highest BCUT2D eigenvalue weighted by Gasteiger charge is 2.32. The minimum atomic E-state index is -0.895. The van der Waals surface area contributed by atoms with Crippen LogP contribution >= 0.6 is 0 Å². The van der Waals surface area contributed by atoms with Crippen molar-refractivity contribution in [1.82, 2.24) is 14.9 Å². The molecule has 2 saturated heterocycles. The van der Waals surface area contributed by atoms with E-state index in [1.54, 1.807) is 12.4 Å². The van der Waals surface area contributed by atoms with E-state index in [0.29, 0.717) is 49.5 Å². The molecule has 3 aromatic rings. The van der Waals surface area contributed by atoms with Crippen LogP contribution < -0.4 is 16.0 Å². The molecule has 0 spiro atoms. The summed E-state index contributed by atoms with van der Waals surface area (Å²) in [6.45, 7) is 4.55. The van der Waals surface area contributed by atoms with Gasteiger partial charge in [-0.3, -0.25) is 9.88 Å². The Kier molecular flexibility index (Phi) is 8.03. The Hall–Kier alpha value is -3.25. The Morgan fingerprint density at radius 2 is 1.82 bits per heavy atom. The smallest absolute Gasteiger partial charge is 0.149 e. The number of benzene rings is 1. The molecule has 5 N–H and O–H groups in total. The minimum Gasteiger partial charge on any atom is -0.392 e. The topological polar surface area (TPSA) is 111 Å². The predicted octanol–water partition coefficient (Wildman–Crippen LogP) is 2.88. The van der Waals surface area contributed by atoms with Crippen LogP contribution in [0.1, 0.15) is 24.6 Å². The predicted molar refractivity (Wildman–Crippen MR) is 142 cm³/mol. The zero-order valence-corrected chi connectivity index (χ0v) is 21.7. The van der Waals surface area contributed by atoms with Gasteiger partial charge in [-0.1, -0.05) is 6.92 Å². The SMILES string of the molecule is C[C@H]1CN(c2ccncc2NCc2ccc(F)c(-c3c(F)cc(CN4CC[C@@H](O)C4)cc3F)n2)C[C@@H](N)[C@@H]1O. The molecule has 0 unspecified atom stereocenters. The van der Waals surface area contributed by atoms with Crippen molar-refractivity contribution < 1.29 is 23.4 Å². The molecule has 2 aromatic heterocycles. The monoisotopic (exact) mass is 542 g/mol. The van der Waals surface area contributed by atoms with Crippen LogP contribution in [-0.2, 0) is 13.1 Å². The number of halogens is 3. The molecule has 0 amide bonds. The molecule has 0 bridgehead atoms. The number of anilines is 2. The standard InChI is InChI=1S/C28H33F3N6O2/c1-16-12-37(15-23(32)28(16)39)25-4-6-33-11-24(25)34-10-18-2-3-20(29)27(35-18)26-21(30)8-17(9-22(26)31)13-36-7-5-19(38)14-36/h2-4,6,8-9,11,16,19,23,28,34,38-39H,5,7,10,12-15,32H2,1H3/t16-,19+,23+,28+/m0/s1. The van der Waals surface area contributed by atoms with Gasteiger partial charge >= 0.3 is 0 Å². The lowest BCUT2D eigenvalue weighted by Crippen LogP contribution is -2.55. The molecule has 2 fully saturated rings. The number of likely N-dealkylation sites (tertiary alicyclic amines) is 1. The van der Waals surface area contributed by atoms with Crippen LogP contribution in [0.15, 0.2) is 42.7 Å². The van der Waals surface area contributed by atoms with Crippen molar-refractivity contribution in [2.24, 2.45) is 11.7 Å². The van der Waals surface area contributed by atoms with Gasteiger partial charge in [0.05, 0.1) is 47.6 Å². The second-order valence-corrected chi connectivity index (χ2v) is 10.5. The van der Waals surface area contributed by atoms with E-state index in [0.717, 1.165) is 11.8 Å². The lowest BCUT2D eigenvalue weighted by Gasteiger charge is -2.40. The molecule has 1 aromatic carbocycles. The molecule has 208 valence electrons. The zero-order chi connectivity index (χ0) is 27.7. The lowest BCUT2D eigenvalue weighted by molar-refractivity contribution is 0.0785. The van der Waals surface area contributed by atoms with Gasteiger partial charge in [0.25, 0.3) is 0 Å². The summed E-state index contributed by atoms with van der Waals surface area (Å²) in [4.78, 5) is 12.4. The number of nitrogens with two attached hydrogens (primary N) is 1. The highest BCUT2D eigenvalue weighted by atomic mass is 19.1. The number of nitrogens with one attached hydrogen (secondary N) is 1. The average molecular weight is 543 g/mol. The Morgan fingerprint density at radius 1 is 1.05 bits per heavy atom. The largest absolute Gasteiger partial charge is 0.392 e. The normalized spacial score (nSPS) is 23.8. The summed E-state index contributed by atoms with van der Waals surface area (Å²) in [5, 5.41) is 23.2. The fourth-order valence-corrected chi connectivity index (χ4v) is 5.41. The number of aliphatic hydroxyl groups excluding tert-OH is 2. The van der Waals surface area contributed by atoms with Crippen molar-refractivity contribution in [3.63, 3.8) is 0 Å². The molecule has 0 aliphatic carbocycles. The summed E-state index contributed by atoms with van der Waals surface area (Å²) in [5.41, 5.74) is 7.54. The highest BCUT2D eigenvalue weighted by molar-refractivity contribution is 5.69. The minimum absolute atomic E-state index is 0.0192. The summed E-state index contributed by atoms with van der Waals surface area (Å²) in [6, 6.07) is 6.44. The Balaban J connectivity index is 1.34. The third-order valence-corrected chi connectivity index (χ3v) is 7.46. The molecule has 11 heteroatoms. The molecule has 2 aliphatic heterocycles. The van der Waals surface area contributed by atoms with Crippen molar-refractivity contribution in [3.05, 3.63) is 71.4 Å². The maximum atomic E-state index is 15.1. The van der Waals surface area contributed by atoms with Gasteiger partial charge in [-0.25, -0.2) is 18.2 Å². The first kappa shape index (κ1) is 27.3. The number of β-amino-alcohol motifs (C(OH)–C–C–N with tert-alkyl or cyclic N) is 1. The van der Waals surface area contributed by atoms with E-state index >= 15 is 8.78 Å². The van der Waals surface area contributed by atoms with E-state index in [9.17, 15) is 14.6 Å². The van der Waals surface area contributed by atoms with E-state index in [1.165, 1.54) is 18.2 Å². The Labute approximate surface area is 225 Å². The van der Waals surface area contributed by atoms with Crippen LogP contribution in [0.3, 0.4) is 0 Å². The van der Waals surface area contributed by atoms with Crippen LogP contribution in [0.5, 0.6) is 0 Å². The highest BCUT2D eigenvalue weighted by Crippen LogP contribution is 2.31. The molecule has 0 radical (unpaired) electrons.